The van der Waals surface area contributed by atoms with Crippen LogP contribution in [0.25, 0.3) is 0 Å². The molecule has 14 heavy (non-hydrogen) atoms. The lowest BCUT2D eigenvalue weighted by atomic mass is 10.1. The minimum atomic E-state index is 0.00292. The van der Waals surface area contributed by atoms with Crippen LogP contribution in [0.1, 0.15) is 34.1 Å². The predicted molar refractivity (Wildman–Crippen MR) is 59.2 cm³/mol. The van der Waals surface area contributed by atoms with E-state index in [9.17, 15) is 4.79 Å². The maximum absolute atomic E-state index is 11.6. The molecule has 4 nitrogen and oxygen atoms in total. The largest absolute Gasteiger partial charge is 0.335 e. The van der Waals surface area contributed by atoms with Crippen LogP contribution in [-0.4, -0.2) is 36.1 Å². The van der Waals surface area contributed by atoms with Crippen LogP contribution in [0.15, 0.2) is 0 Å². The number of rotatable bonds is 5. The summed E-state index contributed by atoms with van der Waals surface area (Å²) >= 11 is 0. The third-order valence-electron chi connectivity index (χ3n) is 2.15. The van der Waals surface area contributed by atoms with Crippen molar-refractivity contribution in [1.82, 2.24) is 10.2 Å². The molecule has 0 aliphatic rings. The minimum absolute atomic E-state index is 0.00292. The number of urea groups is 1. The maximum Gasteiger partial charge on any atom is 0.317 e. The summed E-state index contributed by atoms with van der Waals surface area (Å²) in [6.45, 7) is 9.35. The van der Waals surface area contributed by atoms with Crippen LogP contribution >= 0.6 is 0 Å². The summed E-state index contributed by atoms with van der Waals surface area (Å²) in [5.41, 5.74) is 5.65. The molecule has 0 aromatic carbocycles. The van der Waals surface area contributed by atoms with Gasteiger partial charge in [0.1, 0.15) is 0 Å². The van der Waals surface area contributed by atoms with Crippen molar-refractivity contribution in [2.24, 2.45) is 5.73 Å². The third-order valence-corrected chi connectivity index (χ3v) is 2.15. The molecule has 2 unspecified atom stereocenters. The normalized spacial score (nSPS) is 14.6. The molecule has 0 heterocycles. The molecule has 0 saturated carbocycles. The number of carbonyl (C=O) groups excluding carboxylic acids is 1. The SMILES string of the molecule is CCN(CC)C(=O)NC(C)CC(C)N. The lowest BCUT2D eigenvalue weighted by molar-refractivity contribution is 0.199. The van der Waals surface area contributed by atoms with Crippen molar-refractivity contribution in [3.05, 3.63) is 0 Å². The van der Waals surface area contributed by atoms with Crippen LogP contribution in [0.5, 0.6) is 0 Å². The molecule has 0 fully saturated rings. The summed E-state index contributed by atoms with van der Waals surface area (Å²) in [5, 5.41) is 2.92. The molecule has 0 rings (SSSR count). The Hall–Kier alpha value is -0.770. The van der Waals surface area contributed by atoms with Gasteiger partial charge in [-0.05, 0) is 34.1 Å². The molecular weight excluding hydrogens is 178 g/mol. The van der Waals surface area contributed by atoms with Gasteiger partial charge in [0.15, 0.2) is 0 Å². The molecule has 2 amide bonds. The van der Waals surface area contributed by atoms with E-state index in [1.807, 2.05) is 27.7 Å². The second-order valence-electron chi connectivity index (χ2n) is 3.74. The Labute approximate surface area is 86.8 Å². The van der Waals surface area contributed by atoms with Crippen LogP contribution in [0.3, 0.4) is 0 Å². The molecule has 84 valence electrons. The minimum Gasteiger partial charge on any atom is -0.335 e. The third kappa shape index (κ3) is 5.07. The fourth-order valence-electron chi connectivity index (χ4n) is 1.43. The van der Waals surface area contributed by atoms with Crippen LogP contribution in [0.4, 0.5) is 4.79 Å². The second kappa shape index (κ2) is 6.65. The standard InChI is InChI=1S/C10H23N3O/c1-5-13(6-2)10(14)12-9(4)7-8(3)11/h8-9H,5-7,11H2,1-4H3,(H,12,14). The topological polar surface area (TPSA) is 58.4 Å². The first kappa shape index (κ1) is 13.2. The van der Waals surface area contributed by atoms with Crippen LogP contribution in [0, 0.1) is 0 Å². The number of amides is 2. The summed E-state index contributed by atoms with van der Waals surface area (Å²) in [6.07, 6.45) is 0.813. The first-order valence-corrected chi connectivity index (χ1v) is 5.32. The fraction of sp³-hybridized carbons (Fsp3) is 0.900. The van der Waals surface area contributed by atoms with E-state index >= 15 is 0 Å². The summed E-state index contributed by atoms with van der Waals surface area (Å²) in [6, 6.07) is 0.272. The van der Waals surface area contributed by atoms with Gasteiger partial charge < -0.3 is 16.0 Å². The van der Waals surface area contributed by atoms with Gasteiger partial charge in [-0.1, -0.05) is 0 Å². The Morgan fingerprint density at radius 2 is 1.86 bits per heavy atom. The first-order chi connectivity index (χ1) is 6.51. The van der Waals surface area contributed by atoms with Gasteiger partial charge in [-0.2, -0.15) is 0 Å². The number of hydrogen-bond acceptors (Lipinski definition) is 2. The zero-order valence-electron chi connectivity index (χ0n) is 9.71. The Bertz CT molecular complexity index is 167. The fourth-order valence-corrected chi connectivity index (χ4v) is 1.43. The quantitative estimate of drug-likeness (QED) is 0.701. The highest BCUT2D eigenvalue weighted by Gasteiger charge is 2.12. The molecular formula is C10H23N3O. The summed E-state index contributed by atoms with van der Waals surface area (Å²) in [5.74, 6) is 0. The van der Waals surface area contributed by atoms with Crippen molar-refractivity contribution < 1.29 is 4.79 Å². The zero-order valence-corrected chi connectivity index (χ0v) is 9.71. The summed E-state index contributed by atoms with van der Waals surface area (Å²) in [4.78, 5) is 13.3. The van der Waals surface area contributed by atoms with Gasteiger partial charge in [-0.25, -0.2) is 4.79 Å². The maximum atomic E-state index is 11.6. The zero-order chi connectivity index (χ0) is 11.1. The van der Waals surface area contributed by atoms with E-state index in [2.05, 4.69) is 5.32 Å². The number of hydrogen-bond donors (Lipinski definition) is 2. The van der Waals surface area contributed by atoms with E-state index in [1.54, 1.807) is 4.90 Å². The van der Waals surface area contributed by atoms with Gasteiger partial charge in [0.05, 0.1) is 0 Å². The Kier molecular flexibility index (Phi) is 6.28. The van der Waals surface area contributed by atoms with Gasteiger partial charge in [0.25, 0.3) is 0 Å². The van der Waals surface area contributed by atoms with E-state index in [0.717, 1.165) is 19.5 Å². The van der Waals surface area contributed by atoms with E-state index in [0.29, 0.717) is 0 Å². The van der Waals surface area contributed by atoms with E-state index < -0.39 is 0 Å². The summed E-state index contributed by atoms with van der Waals surface area (Å²) < 4.78 is 0. The van der Waals surface area contributed by atoms with Crippen molar-refractivity contribution in [3.63, 3.8) is 0 Å². The molecule has 2 atom stereocenters. The highest BCUT2D eigenvalue weighted by molar-refractivity contribution is 5.74. The van der Waals surface area contributed by atoms with Crippen molar-refractivity contribution in [2.45, 2.75) is 46.2 Å². The van der Waals surface area contributed by atoms with Gasteiger partial charge in [-0.3, -0.25) is 0 Å². The molecule has 0 aliphatic carbocycles. The average Bonchev–Trinajstić information content (AvgIpc) is 2.04. The van der Waals surface area contributed by atoms with Crippen molar-refractivity contribution in [3.8, 4) is 0 Å². The Morgan fingerprint density at radius 1 is 1.36 bits per heavy atom. The van der Waals surface area contributed by atoms with Crippen LogP contribution < -0.4 is 11.1 Å². The number of nitrogens with zero attached hydrogens (tertiary/aromatic N) is 1. The van der Waals surface area contributed by atoms with E-state index in [1.165, 1.54) is 0 Å². The molecule has 4 heteroatoms. The molecule has 0 aliphatic heterocycles. The molecule has 0 radical (unpaired) electrons. The average molecular weight is 201 g/mol. The van der Waals surface area contributed by atoms with Crippen molar-refractivity contribution >= 4 is 6.03 Å². The number of nitrogens with one attached hydrogen (secondary N) is 1. The monoisotopic (exact) mass is 201 g/mol. The molecule has 0 saturated heterocycles. The predicted octanol–water partition coefficient (Wildman–Crippen LogP) is 1.16. The number of nitrogens with two attached hydrogens (primary N) is 1. The van der Waals surface area contributed by atoms with E-state index in [-0.39, 0.29) is 18.1 Å². The smallest absolute Gasteiger partial charge is 0.317 e. The van der Waals surface area contributed by atoms with Crippen molar-refractivity contribution in [2.75, 3.05) is 13.1 Å². The van der Waals surface area contributed by atoms with Crippen LogP contribution in [0.2, 0.25) is 0 Å². The highest BCUT2D eigenvalue weighted by atomic mass is 16.2. The van der Waals surface area contributed by atoms with Gasteiger partial charge in [-0.15, -0.1) is 0 Å². The van der Waals surface area contributed by atoms with E-state index in [4.69, 9.17) is 5.73 Å². The molecule has 0 bridgehead atoms. The Morgan fingerprint density at radius 3 is 2.21 bits per heavy atom. The van der Waals surface area contributed by atoms with Gasteiger partial charge >= 0.3 is 6.03 Å². The lowest BCUT2D eigenvalue weighted by Crippen LogP contribution is -2.45. The summed E-state index contributed by atoms with van der Waals surface area (Å²) in [7, 11) is 0. The van der Waals surface area contributed by atoms with Gasteiger partial charge in [0, 0.05) is 25.2 Å². The first-order valence-electron chi connectivity index (χ1n) is 5.32. The number of carbonyl (C=O) groups is 1. The molecule has 0 aromatic heterocycles. The van der Waals surface area contributed by atoms with Crippen LogP contribution in [-0.2, 0) is 0 Å². The molecule has 0 spiro atoms. The second-order valence-corrected chi connectivity index (χ2v) is 3.74. The lowest BCUT2D eigenvalue weighted by Gasteiger charge is -2.23. The Balaban J connectivity index is 3.91. The highest BCUT2D eigenvalue weighted by Crippen LogP contribution is 1.96. The molecule has 0 aromatic rings. The van der Waals surface area contributed by atoms with Gasteiger partial charge in [0.2, 0.25) is 0 Å². The van der Waals surface area contributed by atoms with Crippen molar-refractivity contribution in [1.29, 1.82) is 0 Å². The molecule has 3 N–H and O–H groups in total.